The minimum absolute atomic E-state index is 0.220. The molecule has 0 aromatic heterocycles. The Morgan fingerprint density at radius 1 is 0.547 bits per heavy atom. The second kappa shape index (κ2) is 12.3. The zero-order chi connectivity index (χ0) is 36.4. The fourth-order valence-electron chi connectivity index (χ4n) is 8.03. The molecule has 0 heterocycles. The number of ether oxygens (including phenoxy) is 2. The minimum Gasteiger partial charge on any atom is -0.426 e. The Morgan fingerprint density at radius 2 is 1.06 bits per heavy atom. The molecule has 0 saturated carbocycles. The fraction of sp³-hybridized carbons (Fsp3) is 0.102. The monoisotopic (exact) mass is 688 g/mol. The summed E-state index contributed by atoms with van der Waals surface area (Å²) in [6.45, 7) is 9.04. The van der Waals surface area contributed by atoms with E-state index in [9.17, 15) is 9.59 Å². The smallest absolute Gasteiger partial charge is 0.338 e. The molecule has 0 saturated heterocycles. The van der Waals surface area contributed by atoms with Crippen molar-refractivity contribution in [2.75, 3.05) is 0 Å². The van der Waals surface area contributed by atoms with Crippen LogP contribution in [0.4, 0.5) is 0 Å². The van der Waals surface area contributed by atoms with Crippen molar-refractivity contribution in [3.8, 4) is 22.6 Å². The molecule has 1 atom stereocenters. The van der Waals surface area contributed by atoms with Gasteiger partial charge >= 0.3 is 11.9 Å². The average molecular weight is 689 g/mol. The Kier molecular flexibility index (Phi) is 7.53. The van der Waals surface area contributed by atoms with Gasteiger partial charge < -0.3 is 9.47 Å². The van der Waals surface area contributed by atoms with Crippen LogP contribution in [0.1, 0.15) is 43.0 Å². The predicted octanol–water partition coefficient (Wildman–Crippen LogP) is 11.7. The Morgan fingerprint density at radius 3 is 1.68 bits per heavy atom. The summed E-state index contributed by atoms with van der Waals surface area (Å²) >= 11 is 0. The maximum absolute atomic E-state index is 12.4. The maximum Gasteiger partial charge on any atom is 0.338 e. The summed E-state index contributed by atoms with van der Waals surface area (Å²) in [5, 5.41) is 8.81. The summed E-state index contributed by atoms with van der Waals surface area (Å²) in [7, 11) is 0. The molecule has 256 valence electrons. The number of hydrogen-bond acceptors (Lipinski definition) is 4. The Labute approximate surface area is 307 Å². The van der Waals surface area contributed by atoms with E-state index >= 15 is 0 Å². The predicted molar refractivity (Wildman–Crippen MR) is 215 cm³/mol. The van der Waals surface area contributed by atoms with Gasteiger partial charge in [0.2, 0.25) is 0 Å². The molecule has 9 rings (SSSR count). The zero-order valence-electron chi connectivity index (χ0n) is 29.8. The molecule has 4 heteroatoms. The Bertz CT molecular complexity index is 2840. The van der Waals surface area contributed by atoms with Crippen LogP contribution in [0.2, 0.25) is 0 Å². The summed E-state index contributed by atoms with van der Waals surface area (Å²) in [5.41, 5.74) is 6.82. The van der Waals surface area contributed by atoms with Crippen LogP contribution in [0.25, 0.3) is 54.2 Å². The Hall–Kier alpha value is -6.52. The minimum atomic E-state index is -0.686. The van der Waals surface area contributed by atoms with Crippen LogP contribution in [0.5, 0.6) is 11.5 Å². The van der Waals surface area contributed by atoms with Crippen LogP contribution in [0.3, 0.4) is 0 Å². The number of benzene rings is 8. The molecule has 1 aliphatic rings. The molecular weight excluding hydrogens is 653 g/mol. The van der Waals surface area contributed by atoms with Gasteiger partial charge in [-0.25, -0.2) is 4.79 Å². The molecular formula is C49H36O4. The van der Waals surface area contributed by atoms with Gasteiger partial charge in [-0.3, -0.25) is 4.79 Å². The summed E-state index contributed by atoms with van der Waals surface area (Å²) in [5.74, 6) is 0.102. The maximum atomic E-state index is 12.4. The van der Waals surface area contributed by atoms with Gasteiger partial charge in [-0.15, -0.1) is 0 Å². The molecule has 0 radical (unpaired) electrons. The molecule has 8 aromatic carbocycles. The lowest BCUT2D eigenvalue weighted by molar-refractivity contribution is -0.137. The van der Waals surface area contributed by atoms with Gasteiger partial charge in [0.25, 0.3) is 0 Å². The van der Waals surface area contributed by atoms with Crippen molar-refractivity contribution in [2.24, 2.45) is 5.92 Å². The molecule has 0 N–H and O–H groups in total. The van der Waals surface area contributed by atoms with E-state index in [4.69, 9.17) is 9.47 Å². The number of carbonyl (C=O) groups is 2. The van der Waals surface area contributed by atoms with E-state index in [0.717, 1.165) is 32.7 Å². The second-order valence-corrected chi connectivity index (χ2v) is 14.4. The highest BCUT2D eigenvalue weighted by atomic mass is 16.5. The number of esters is 2. The molecule has 0 amide bonds. The Balaban J connectivity index is 1.33. The van der Waals surface area contributed by atoms with Gasteiger partial charge in [0.05, 0.1) is 11.3 Å². The normalized spacial score (nSPS) is 14.8. The molecule has 53 heavy (non-hydrogen) atoms. The van der Waals surface area contributed by atoms with Crippen molar-refractivity contribution >= 4 is 55.0 Å². The highest BCUT2D eigenvalue weighted by Gasteiger charge is 2.47. The lowest BCUT2D eigenvalue weighted by Crippen LogP contribution is -2.28. The van der Waals surface area contributed by atoms with E-state index < -0.39 is 11.4 Å². The highest BCUT2D eigenvalue weighted by molar-refractivity contribution is 6.07. The van der Waals surface area contributed by atoms with E-state index in [-0.39, 0.29) is 11.9 Å². The molecule has 0 bridgehead atoms. The first-order valence-electron chi connectivity index (χ1n) is 17.9. The zero-order valence-corrected chi connectivity index (χ0v) is 29.8. The average Bonchev–Trinajstić information content (AvgIpc) is 3.46. The first kappa shape index (κ1) is 32.4. The van der Waals surface area contributed by atoms with Crippen molar-refractivity contribution < 1.29 is 19.1 Å². The van der Waals surface area contributed by atoms with E-state index in [1.807, 2.05) is 50.2 Å². The summed E-state index contributed by atoms with van der Waals surface area (Å²) < 4.78 is 11.3. The van der Waals surface area contributed by atoms with Crippen LogP contribution >= 0.6 is 0 Å². The topological polar surface area (TPSA) is 52.6 Å². The van der Waals surface area contributed by atoms with Crippen LogP contribution in [-0.2, 0) is 15.0 Å². The number of hydrogen-bond donors (Lipinski definition) is 0. The summed E-state index contributed by atoms with van der Waals surface area (Å²) in [4.78, 5) is 24.8. The van der Waals surface area contributed by atoms with Crippen LogP contribution in [0.15, 0.2) is 158 Å². The first-order chi connectivity index (χ1) is 25.7. The number of carbonyl (C=O) groups excluding carboxylic acids is 2. The largest absolute Gasteiger partial charge is 0.426 e. The van der Waals surface area contributed by atoms with E-state index in [2.05, 4.69) is 116 Å². The van der Waals surface area contributed by atoms with Gasteiger partial charge in [0.15, 0.2) is 0 Å². The molecule has 4 nitrogen and oxygen atoms in total. The van der Waals surface area contributed by atoms with Crippen molar-refractivity contribution in [3.63, 3.8) is 0 Å². The fourth-order valence-corrected chi connectivity index (χ4v) is 8.03. The van der Waals surface area contributed by atoms with Crippen molar-refractivity contribution in [3.05, 3.63) is 180 Å². The second-order valence-electron chi connectivity index (χ2n) is 14.4. The van der Waals surface area contributed by atoms with Gasteiger partial charge in [-0.2, -0.15) is 0 Å². The molecule has 0 fully saturated rings. The molecule has 0 aliphatic heterocycles. The van der Waals surface area contributed by atoms with Gasteiger partial charge in [-0.05, 0) is 132 Å². The lowest BCUT2D eigenvalue weighted by Gasteiger charge is -2.34. The molecule has 1 aliphatic carbocycles. The van der Waals surface area contributed by atoms with Crippen molar-refractivity contribution in [2.45, 2.75) is 26.2 Å². The quantitative estimate of drug-likeness (QED) is 0.0991. The molecule has 0 spiro atoms. The van der Waals surface area contributed by atoms with E-state index in [0.29, 0.717) is 17.1 Å². The lowest BCUT2D eigenvalue weighted by atomic mass is 9.67. The highest BCUT2D eigenvalue weighted by Crippen LogP contribution is 2.59. The summed E-state index contributed by atoms with van der Waals surface area (Å²) in [6.07, 6.45) is 0. The van der Waals surface area contributed by atoms with Crippen molar-refractivity contribution in [1.82, 2.24) is 0 Å². The van der Waals surface area contributed by atoms with Gasteiger partial charge in [-0.1, -0.05) is 117 Å². The van der Waals surface area contributed by atoms with Crippen molar-refractivity contribution in [1.29, 1.82) is 0 Å². The van der Waals surface area contributed by atoms with Crippen LogP contribution < -0.4 is 9.47 Å². The van der Waals surface area contributed by atoms with E-state index in [1.54, 1.807) is 6.92 Å². The third-order valence-electron chi connectivity index (χ3n) is 10.6. The SMILES string of the molecule is C=C(C)C(=O)Oc1ccc2cc(C3(c4ccc5cc(OC(=O)C(C)C)ccc5c4)c4cc5ccccc5cc4-c4c3ccc3ccccc43)ccc2c1. The third-order valence-corrected chi connectivity index (χ3v) is 10.6. The number of rotatable bonds is 6. The first-order valence-corrected chi connectivity index (χ1v) is 17.9. The van der Waals surface area contributed by atoms with Gasteiger partial charge in [0, 0.05) is 5.57 Å². The molecule has 1 unspecified atom stereocenters. The summed E-state index contributed by atoms with van der Waals surface area (Å²) in [6, 6.07) is 51.4. The van der Waals surface area contributed by atoms with Gasteiger partial charge in [0.1, 0.15) is 11.5 Å². The standard InChI is InChI=1S/C49H36O4/c1-29(2)47(50)52-40-20-15-34-23-38(18-13-36(34)25-40)49(39-19-14-37-26-41(21-16-35(37)24-39)53-48(51)30(3)4)44-22-17-31-9-7-8-12-42(31)46(44)43-27-32-10-5-6-11-33(32)28-45(43)49/h5-28,30H,1H2,2-4H3. The van der Waals surface area contributed by atoms with Crippen LogP contribution in [-0.4, -0.2) is 11.9 Å². The van der Waals surface area contributed by atoms with E-state index in [1.165, 1.54) is 43.8 Å². The molecule has 8 aromatic rings. The number of fused-ring (bicyclic) bond motifs is 8. The van der Waals surface area contributed by atoms with Crippen LogP contribution in [0, 0.1) is 5.92 Å². The third kappa shape index (κ3) is 5.21.